The second-order valence-corrected chi connectivity index (χ2v) is 6.11. The lowest BCUT2D eigenvalue weighted by Crippen LogP contribution is -1.89. The van der Waals surface area contributed by atoms with Gasteiger partial charge in [0.05, 0.1) is 11.1 Å². The number of thiophene rings is 1. The minimum atomic E-state index is -0.958. The van der Waals surface area contributed by atoms with Gasteiger partial charge in [0.25, 0.3) is 0 Å². The molecule has 0 aliphatic heterocycles. The fourth-order valence-corrected chi connectivity index (χ4v) is 3.45. The van der Waals surface area contributed by atoms with Crippen LogP contribution in [0.1, 0.15) is 9.67 Å². The van der Waals surface area contributed by atoms with Gasteiger partial charge in [0.2, 0.25) is 0 Å². The Labute approximate surface area is 106 Å². The molecule has 2 aromatic heterocycles. The minimum Gasteiger partial charge on any atom is -0.477 e. The zero-order chi connectivity index (χ0) is 11.0. The Kier molecular flexibility index (Phi) is 3.11. The van der Waals surface area contributed by atoms with Crippen molar-refractivity contribution in [1.82, 2.24) is 4.98 Å². The maximum absolute atomic E-state index is 10.7. The zero-order valence-corrected chi connectivity index (χ0v) is 11.0. The lowest BCUT2D eigenvalue weighted by atomic mass is 10.5. The molecule has 2 rings (SSSR count). The number of aromatic nitrogens is 1. The van der Waals surface area contributed by atoms with E-state index < -0.39 is 5.97 Å². The molecular formula is C8H3BrClNO2S2. The van der Waals surface area contributed by atoms with E-state index in [0.717, 1.165) is 20.7 Å². The molecule has 0 aliphatic rings. The van der Waals surface area contributed by atoms with Crippen molar-refractivity contribution in [1.29, 1.82) is 0 Å². The average Bonchev–Trinajstić information content (AvgIpc) is 2.74. The molecule has 0 saturated heterocycles. The molecule has 0 unspecified atom stereocenters. The fraction of sp³-hybridized carbons (Fsp3) is 0. The van der Waals surface area contributed by atoms with Crippen molar-refractivity contribution < 1.29 is 9.90 Å². The Morgan fingerprint density at radius 2 is 2.27 bits per heavy atom. The Bertz CT molecular complexity index is 503. The molecule has 3 nitrogen and oxygen atoms in total. The summed E-state index contributed by atoms with van der Waals surface area (Å²) < 4.78 is 1.44. The van der Waals surface area contributed by atoms with Crippen molar-refractivity contribution in [3.63, 3.8) is 0 Å². The molecule has 1 N–H and O–H groups in total. The fourth-order valence-electron chi connectivity index (χ4n) is 0.939. The zero-order valence-electron chi connectivity index (χ0n) is 7.03. The maximum atomic E-state index is 10.7. The summed E-state index contributed by atoms with van der Waals surface area (Å²) >= 11 is 11.7. The molecule has 78 valence electrons. The number of carboxylic acid groups (broad SMARTS) is 1. The third kappa shape index (κ3) is 2.23. The molecule has 2 heterocycles. The average molecular weight is 325 g/mol. The van der Waals surface area contributed by atoms with Gasteiger partial charge in [0.15, 0.2) is 0 Å². The third-order valence-electron chi connectivity index (χ3n) is 1.57. The highest BCUT2D eigenvalue weighted by atomic mass is 79.9. The largest absolute Gasteiger partial charge is 0.477 e. The molecule has 0 bridgehead atoms. The Balaban J connectivity index is 2.41. The van der Waals surface area contributed by atoms with Crippen molar-refractivity contribution in [2.45, 2.75) is 0 Å². The number of halogens is 2. The second-order valence-electron chi connectivity index (χ2n) is 2.57. The summed E-state index contributed by atoms with van der Waals surface area (Å²) in [5.41, 5.74) is 0. The quantitative estimate of drug-likeness (QED) is 0.909. The van der Waals surface area contributed by atoms with E-state index in [0.29, 0.717) is 9.34 Å². The topological polar surface area (TPSA) is 50.2 Å². The van der Waals surface area contributed by atoms with Crippen LogP contribution >= 0.6 is 50.2 Å². The number of hydrogen-bond donors (Lipinski definition) is 1. The number of nitrogens with zero attached hydrogens (tertiary/aromatic N) is 1. The van der Waals surface area contributed by atoms with Gasteiger partial charge >= 0.3 is 5.97 Å². The molecule has 0 saturated carbocycles. The molecule has 0 atom stereocenters. The van der Waals surface area contributed by atoms with Gasteiger partial charge in [-0.15, -0.1) is 22.7 Å². The Hall–Kier alpha value is -0.430. The smallest absolute Gasteiger partial charge is 0.347 e. The van der Waals surface area contributed by atoms with E-state index >= 15 is 0 Å². The van der Waals surface area contributed by atoms with Crippen LogP contribution in [0.3, 0.4) is 0 Å². The van der Waals surface area contributed by atoms with Crippen LogP contribution in [0, 0.1) is 0 Å². The number of hydrogen-bond acceptors (Lipinski definition) is 4. The van der Waals surface area contributed by atoms with Gasteiger partial charge in [0, 0.05) is 4.47 Å². The first-order chi connectivity index (χ1) is 7.08. The maximum Gasteiger partial charge on any atom is 0.347 e. The highest BCUT2D eigenvalue weighted by Gasteiger charge is 2.13. The highest BCUT2D eigenvalue weighted by molar-refractivity contribution is 9.10. The Morgan fingerprint density at radius 3 is 2.73 bits per heavy atom. The van der Waals surface area contributed by atoms with E-state index in [1.54, 1.807) is 0 Å². The van der Waals surface area contributed by atoms with Crippen LogP contribution in [0.5, 0.6) is 0 Å². The van der Waals surface area contributed by atoms with Crippen LogP contribution in [0.15, 0.2) is 16.7 Å². The summed E-state index contributed by atoms with van der Waals surface area (Å²) in [4.78, 5) is 15.8. The van der Waals surface area contributed by atoms with Gasteiger partial charge in [-0.2, -0.15) is 0 Å². The first-order valence-corrected chi connectivity index (χ1v) is 6.52. The standard InChI is InChI=1S/C8H3BrClNO2S2/c9-3-1-4(14-6(3)10)7-11-2-5(15-7)8(12)13/h1-2H,(H,12,13). The van der Waals surface area contributed by atoms with Crippen LogP contribution < -0.4 is 0 Å². The molecule has 15 heavy (non-hydrogen) atoms. The summed E-state index contributed by atoms with van der Waals surface area (Å²) in [6.07, 6.45) is 1.35. The van der Waals surface area contributed by atoms with E-state index in [-0.39, 0.29) is 4.88 Å². The Morgan fingerprint density at radius 1 is 1.53 bits per heavy atom. The number of carboxylic acids is 1. The summed E-state index contributed by atoms with van der Waals surface area (Å²) in [7, 11) is 0. The van der Waals surface area contributed by atoms with Crippen molar-refractivity contribution in [3.8, 4) is 9.88 Å². The van der Waals surface area contributed by atoms with E-state index in [1.807, 2.05) is 6.07 Å². The molecule has 0 amide bonds. The molecule has 0 fully saturated rings. The summed E-state index contributed by atoms with van der Waals surface area (Å²) in [5.74, 6) is -0.958. The van der Waals surface area contributed by atoms with E-state index in [4.69, 9.17) is 16.7 Å². The molecule has 2 aromatic rings. The van der Waals surface area contributed by atoms with Gasteiger partial charge in [-0.3, -0.25) is 0 Å². The lowest BCUT2D eigenvalue weighted by molar-refractivity contribution is 0.0702. The normalized spacial score (nSPS) is 10.5. The number of rotatable bonds is 2. The molecule has 0 aromatic carbocycles. The number of thiazole rings is 1. The van der Waals surface area contributed by atoms with Crippen molar-refractivity contribution in [3.05, 3.63) is 25.9 Å². The predicted molar refractivity (Wildman–Crippen MR) is 65.1 cm³/mol. The molecule has 0 radical (unpaired) electrons. The van der Waals surface area contributed by atoms with Crippen molar-refractivity contribution in [2.75, 3.05) is 0 Å². The van der Waals surface area contributed by atoms with Crippen molar-refractivity contribution >= 4 is 56.2 Å². The van der Waals surface area contributed by atoms with Crippen LogP contribution in [0.2, 0.25) is 4.34 Å². The summed E-state index contributed by atoms with van der Waals surface area (Å²) in [5, 5.41) is 9.41. The van der Waals surface area contributed by atoms with Gasteiger partial charge < -0.3 is 5.11 Å². The van der Waals surface area contributed by atoms with Crippen LogP contribution in [-0.4, -0.2) is 16.1 Å². The van der Waals surface area contributed by atoms with Gasteiger partial charge in [0.1, 0.15) is 14.2 Å². The van der Waals surface area contributed by atoms with E-state index in [1.165, 1.54) is 17.5 Å². The number of carbonyl (C=O) groups is 1. The van der Waals surface area contributed by atoms with Crippen LogP contribution in [0.4, 0.5) is 0 Å². The van der Waals surface area contributed by atoms with Crippen LogP contribution in [0.25, 0.3) is 9.88 Å². The SMILES string of the molecule is O=C(O)c1cnc(-c2cc(Br)c(Cl)s2)s1. The second kappa shape index (κ2) is 4.21. The third-order valence-corrected chi connectivity index (χ3v) is 5.20. The van der Waals surface area contributed by atoms with Gasteiger partial charge in [-0.05, 0) is 22.0 Å². The highest BCUT2D eigenvalue weighted by Crippen LogP contribution is 2.39. The minimum absolute atomic E-state index is 0.227. The first-order valence-electron chi connectivity index (χ1n) is 3.72. The summed E-state index contributed by atoms with van der Waals surface area (Å²) in [6.45, 7) is 0. The predicted octanol–water partition coefficient (Wildman–Crippen LogP) is 3.99. The summed E-state index contributed by atoms with van der Waals surface area (Å²) in [6, 6.07) is 1.83. The van der Waals surface area contributed by atoms with E-state index in [2.05, 4.69) is 20.9 Å². The van der Waals surface area contributed by atoms with Crippen LogP contribution in [-0.2, 0) is 0 Å². The lowest BCUT2D eigenvalue weighted by Gasteiger charge is -1.85. The first kappa shape index (κ1) is 11.1. The van der Waals surface area contributed by atoms with Crippen molar-refractivity contribution in [2.24, 2.45) is 0 Å². The monoisotopic (exact) mass is 323 g/mol. The number of aromatic carboxylic acids is 1. The molecule has 0 aliphatic carbocycles. The van der Waals surface area contributed by atoms with Gasteiger partial charge in [-0.1, -0.05) is 11.6 Å². The molecule has 0 spiro atoms. The van der Waals surface area contributed by atoms with Gasteiger partial charge in [-0.25, -0.2) is 9.78 Å². The molecular weight excluding hydrogens is 322 g/mol. The molecule has 7 heteroatoms. The van der Waals surface area contributed by atoms with E-state index in [9.17, 15) is 4.79 Å².